The number of rotatable bonds is 5. The summed E-state index contributed by atoms with van der Waals surface area (Å²) in [6, 6.07) is 13.8. The van der Waals surface area contributed by atoms with Crippen LogP contribution in [-0.2, 0) is 11.2 Å². The van der Waals surface area contributed by atoms with Crippen LogP contribution in [0, 0.1) is 0 Å². The summed E-state index contributed by atoms with van der Waals surface area (Å²) < 4.78 is 11.6. The molecule has 1 aromatic heterocycles. The molecule has 2 aliphatic heterocycles. The van der Waals surface area contributed by atoms with E-state index in [1.54, 1.807) is 0 Å². The number of aryl methyl sites for hydroxylation is 1. The molecule has 34 heavy (non-hydrogen) atoms. The Balaban J connectivity index is 1.26. The maximum absolute atomic E-state index is 13.0. The van der Waals surface area contributed by atoms with Gasteiger partial charge < -0.3 is 24.4 Å². The van der Waals surface area contributed by atoms with Crippen LogP contribution < -0.4 is 15.0 Å². The lowest BCUT2D eigenvalue weighted by molar-refractivity contribution is -0.123. The van der Waals surface area contributed by atoms with Crippen LogP contribution in [0.15, 0.2) is 47.0 Å². The Morgan fingerprint density at radius 3 is 2.56 bits per heavy atom. The zero-order valence-corrected chi connectivity index (χ0v) is 20.0. The van der Waals surface area contributed by atoms with Crippen molar-refractivity contribution in [2.24, 2.45) is 0 Å². The monoisotopic (exact) mass is 461 g/mol. The molecule has 1 amide bonds. The number of anilines is 2. The first-order valence-corrected chi connectivity index (χ1v) is 11.9. The molecule has 178 valence electrons. The molecule has 1 fully saturated rings. The second-order valence-corrected chi connectivity index (χ2v) is 9.38. The van der Waals surface area contributed by atoms with Crippen LogP contribution in [-0.4, -0.2) is 60.3 Å². The van der Waals surface area contributed by atoms with Crippen LogP contribution >= 0.6 is 0 Å². The highest BCUT2D eigenvalue weighted by molar-refractivity contribution is 5.95. The van der Waals surface area contributed by atoms with Gasteiger partial charge in [0.25, 0.3) is 5.91 Å². The summed E-state index contributed by atoms with van der Waals surface area (Å²) in [5.41, 5.74) is 3.82. The summed E-state index contributed by atoms with van der Waals surface area (Å²) in [4.78, 5) is 22.2. The van der Waals surface area contributed by atoms with E-state index in [0.717, 1.165) is 49.6 Å². The van der Waals surface area contributed by atoms with Gasteiger partial charge in [-0.1, -0.05) is 31.1 Å². The molecule has 3 aromatic rings. The lowest BCUT2D eigenvalue weighted by Crippen LogP contribution is -2.45. The SMILES string of the molecule is CC(C)c1nc(-c2ccc(NC(=O)C3CCc4cccc(N5CCN(C)CC5)c4O3)cc2)no1. The van der Waals surface area contributed by atoms with Crippen molar-refractivity contribution in [3.8, 4) is 17.1 Å². The average molecular weight is 462 g/mol. The number of nitrogens with zero attached hydrogens (tertiary/aromatic N) is 4. The predicted octanol–water partition coefficient (Wildman–Crippen LogP) is 3.94. The van der Waals surface area contributed by atoms with Crippen molar-refractivity contribution >= 4 is 17.3 Å². The molecule has 0 radical (unpaired) electrons. The van der Waals surface area contributed by atoms with E-state index in [9.17, 15) is 4.79 Å². The summed E-state index contributed by atoms with van der Waals surface area (Å²) in [7, 11) is 2.15. The van der Waals surface area contributed by atoms with Gasteiger partial charge in [0, 0.05) is 43.3 Å². The summed E-state index contributed by atoms with van der Waals surface area (Å²) in [6.07, 6.45) is 0.958. The second-order valence-electron chi connectivity index (χ2n) is 9.38. The van der Waals surface area contributed by atoms with E-state index in [1.807, 2.05) is 38.1 Å². The van der Waals surface area contributed by atoms with Gasteiger partial charge in [-0.15, -0.1) is 0 Å². The standard InChI is InChI=1S/C26H31N5O3/c1-17(2)26-28-24(29-34-26)19-7-10-20(11-8-19)27-25(32)22-12-9-18-5-4-6-21(23(18)33-22)31-15-13-30(3)14-16-31/h4-8,10-11,17,22H,9,12-16H2,1-3H3,(H,27,32). The first-order valence-electron chi connectivity index (χ1n) is 11.9. The van der Waals surface area contributed by atoms with Gasteiger partial charge in [-0.05, 0) is 55.8 Å². The molecular formula is C26H31N5O3. The molecule has 8 heteroatoms. The van der Waals surface area contributed by atoms with Crippen LogP contribution in [0.25, 0.3) is 11.4 Å². The van der Waals surface area contributed by atoms with Crippen LogP contribution in [0.3, 0.4) is 0 Å². The van der Waals surface area contributed by atoms with E-state index in [-0.39, 0.29) is 11.8 Å². The second kappa shape index (κ2) is 9.46. The minimum absolute atomic E-state index is 0.131. The van der Waals surface area contributed by atoms with Crippen LogP contribution in [0.1, 0.15) is 37.6 Å². The maximum Gasteiger partial charge on any atom is 0.265 e. The van der Waals surface area contributed by atoms with E-state index in [1.165, 1.54) is 5.56 Å². The summed E-state index contributed by atoms with van der Waals surface area (Å²) in [5.74, 6) is 2.06. The molecule has 1 saturated heterocycles. The normalized spacial score (nSPS) is 18.5. The number of carbonyl (C=O) groups excluding carboxylic acids is 1. The van der Waals surface area contributed by atoms with Crippen molar-refractivity contribution < 1.29 is 14.1 Å². The van der Waals surface area contributed by atoms with E-state index in [2.05, 4.69) is 50.5 Å². The minimum atomic E-state index is -0.522. The number of amides is 1. The van der Waals surface area contributed by atoms with E-state index < -0.39 is 6.10 Å². The fraction of sp³-hybridized carbons (Fsp3) is 0.423. The third kappa shape index (κ3) is 4.63. The van der Waals surface area contributed by atoms with Gasteiger partial charge in [0.15, 0.2) is 6.10 Å². The number of ether oxygens (including phenoxy) is 1. The zero-order chi connectivity index (χ0) is 23.7. The Kier molecular flexibility index (Phi) is 6.24. The van der Waals surface area contributed by atoms with Gasteiger partial charge in [-0.25, -0.2) is 0 Å². The molecule has 1 atom stereocenters. The molecule has 5 rings (SSSR count). The Morgan fingerprint density at radius 1 is 1.09 bits per heavy atom. The number of likely N-dealkylation sites (N-methyl/N-ethyl adjacent to an activating group) is 1. The summed E-state index contributed by atoms with van der Waals surface area (Å²) in [5, 5.41) is 7.04. The predicted molar refractivity (Wildman–Crippen MR) is 131 cm³/mol. The molecule has 8 nitrogen and oxygen atoms in total. The van der Waals surface area contributed by atoms with Crippen LogP contribution in [0.2, 0.25) is 0 Å². The number of nitrogens with one attached hydrogen (secondary N) is 1. The lowest BCUT2D eigenvalue weighted by Gasteiger charge is -2.36. The van der Waals surface area contributed by atoms with Gasteiger partial charge >= 0.3 is 0 Å². The minimum Gasteiger partial charge on any atom is -0.478 e. The Hall–Kier alpha value is -3.39. The number of hydrogen-bond donors (Lipinski definition) is 1. The molecule has 0 aliphatic carbocycles. The number of aromatic nitrogens is 2. The molecule has 0 spiro atoms. The lowest BCUT2D eigenvalue weighted by atomic mass is 10.00. The number of fused-ring (bicyclic) bond motifs is 1. The molecule has 2 aromatic carbocycles. The Labute approximate surface area is 199 Å². The van der Waals surface area contributed by atoms with E-state index >= 15 is 0 Å². The Bertz CT molecular complexity index is 1150. The number of hydrogen-bond acceptors (Lipinski definition) is 7. The van der Waals surface area contributed by atoms with Gasteiger partial charge in [0.05, 0.1) is 5.69 Å². The number of para-hydroxylation sites is 1. The first kappa shape index (κ1) is 22.4. The van der Waals surface area contributed by atoms with Gasteiger partial charge in [0.2, 0.25) is 11.7 Å². The highest BCUT2D eigenvalue weighted by Gasteiger charge is 2.30. The molecule has 3 heterocycles. The average Bonchev–Trinajstić information content (AvgIpc) is 3.35. The topological polar surface area (TPSA) is 83.7 Å². The van der Waals surface area contributed by atoms with Crippen molar-refractivity contribution in [1.29, 1.82) is 0 Å². The largest absolute Gasteiger partial charge is 0.478 e. The van der Waals surface area contributed by atoms with Gasteiger partial charge in [0.1, 0.15) is 5.75 Å². The van der Waals surface area contributed by atoms with Gasteiger partial charge in [-0.3, -0.25) is 4.79 Å². The van der Waals surface area contributed by atoms with E-state index in [4.69, 9.17) is 9.26 Å². The van der Waals surface area contributed by atoms with Crippen LogP contribution in [0.4, 0.5) is 11.4 Å². The molecule has 0 bridgehead atoms. The number of piperazine rings is 1. The third-order valence-electron chi connectivity index (χ3n) is 6.49. The third-order valence-corrected chi connectivity index (χ3v) is 6.49. The Morgan fingerprint density at radius 2 is 1.85 bits per heavy atom. The van der Waals surface area contributed by atoms with Crippen molar-refractivity contribution in [3.63, 3.8) is 0 Å². The van der Waals surface area contributed by atoms with Crippen molar-refractivity contribution in [2.75, 3.05) is 43.4 Å². The molecular weight excluding hydrogens is 430 g/mol. The highest BCUT2D eigenvalue weighted by Crippen LogP contribution is 2.38. The molecule has 0 saturated carbocycles. The van der Waals surface area contributed by atoms with Gasteiger partial charge in [-0.2, -0.15) is 4.98 Å². The molecule has 1 unspecified atom stereocenters. The van der Waals surface area contributed by atoms with Crippen molar-refractivity contribution in [2.45, 2.75) is 38.7 Å². The highest BCUT2D eigenvalue weighted by atomic mass is 16.5. The quantitative estimate of drug-likeness (QED) is 0.616. The van der Waals surface area contributed by atoms with Crippen molar-refractivity contribution in [1.82, 2.24) is 15.0 Å². The molecule has 2 aliphatic rings. The fourth-order valence-corrected chi connectivity index (χ4v) is 4.39. The fourth-order valence-electron chi connectivity index (χ4n) is 4.39. The zero-order valence-electron chi connectivity index (χ0n) is 20.0. The smallest absolute Gasteiger partial charge is 0.265 e. The van der Waals surface area contributed by atoms with E-state index in [0.29, 0.717) is 23.8 Å². The molecule has 1 N–H and O–H groups in total. The summed E-state index contributed by atoms with van der Waals surface area (Å²) >= 11 is 0. The summed E-state index contributed by atoms with van der Waals surface area (Å²) in [6.45, 7) is 7.97. The van der Waals surface area contributed by atoms with Crippen LogP contribution in [0.5, 0.6) is 5.75 Å². The maximum atomic E-state index is 13.0. The first-order chi connectivity index (χ1) is 16.5. The van der Waals surface area contributed by atoms with Crippen molar-refractivity contribution in [3.05, 3.63) is 53.9 Å². The number of benzene rings is 2. The number of carbonyl (C=O) groups is 1.